The van der Waals surface area contributed by atoms with Gasteiger partial charge in [0, 0.05) is 11.1 Å². The highest BCUT2D eigenvalue weighted by molar-refractivity contribution is 7.91. The third-order valence-electron chi connectivity index (χ3n) is 6.32. The molecule has 0 radical (unpaired) electrons. The van der Waals surface area contributed by atoms with Gasteiger partial charge < -0.3 is 4.74 Å². The van der Waals surface area contributed by atoms with Gasteiger partial charge in [-0.3, -0.25) is 4.79 Å². The maximum absolute atomic E-state index is 12.6. The van der Waals surface area contributed by atoms with E-state index in [1.165, 1.54) is 0 Å². The topological polar surface area (TPSA) is 60.4 Å². The van der Waals surface area contributed by atoms with Crippen molar-refractivity contribution in [3.63, 3.8) is 0 Å². The van der Waals surface area contributed by atoms with Crippen molar-refractivity contribution in [2.75, 3.05) is 5.75 Å². The third kappa shape index (κ3) is 5.02. The van der Waals surface area contributed by atoms with E-state index in [1.54, 1.807) is 37.3 Å². The Balaban J connectivity index is 1.75. The molecule has 0 unspecified atom stereocenters. The van der Waals surface area contributed by atoms with Gasteiger partial charge in [0.05, 0.1) is 10.6 Å². The van der Waals surface area contributed by atoms with Gasteiger partial charge in [0.2, 0.25) is 0 Å². The lowest BCUT2D eigenvalue weighted by atomic mass is 9.96. The van der Waals surface area contributed by atoms with Gasteiger partial charge in [0.25, 0.3) is 0 Å². The highest BCUT2D eigenvalue weighted by Gasteiger charge is 2.17. The molecule has 0 aliphatic rings. The molecule has 0 fully saturated rings. The first-order valence-corrected chi connectivity index (χ1v) is 13.4. The predicted molar refractivity (Wildman–Crippen MR) is 147 cm³/mol. The molecule has 0 atom stereocenters. The number of hydrogen-bond donors (Lipinski definition) is 0. The highest BCUT2D eigenvalue weighted by atomic mass is 32.2. The van der Waals surface area contributed by atoms with E-state index in [0.29, 0.717) is 22.6 Å². The number of rotatable bonds is 8. The number of benzene rings is 4. The average Bonchev–Trinajstić information content (AvgIpc) is 2.89. The van der Waals surface area contributed by atoms with Crippen LogP contribution in [0.3, 0.4) is 0 Å². The minimum Gasteiger partial charge on any atom is -0.457 e. The molecule has 0 saturated heterocycles. The van der Waals surface area contributed by atoms with E-state index < -0.39 is 9.84 Å². The number of aldehydes is 1. The van der Waals surface area contributed by atoms with Gasteiger partial charge in [-0.2, -0.15) is 0 Å². The molecule has 0 N–H and O–H groups in total. The Hall–Kier alpha value is -3.96. The smallest absolute Gasteiger partial charge is 0.178 e. The van der Waals surface area contributed by atoms with Crippen LogP contribution >= 0.6 is 0 Å². The third-order valence-corrected chi connectivity index (χ3v) is 8.05. The van der Waals surface area contributed by atoms with Gasteiger partial charge in [-0.05, 0) is 77.6 Å². The second-order valence-electron chi connectivity index (χ2n) is 8.62. The Morgan fingerprint density at radius 3 is 2.19 bits per heavy atom. The van der Waals surface area contributed by atoms with Crippen LogP contribution in [-0.4, -0.2) is 20.5 Å². The standard InChI is InChI=1S/C31H28O4S/c1-5-28-21(3)8-7-9-29(28)23-12-14-26(15-13-23)35-31-17-16-27(36(33,34)6-2)19-30(31)24-10-11-25(20-32)22(4)18-24/h5,7-20H,1,6H2,2-4H3. The molecule has 36 heavy (non-hydrogen) atoms. The van der Waals surface area contributed by atoms with Crippen molar-refractivity contribution in [3.05, 3.63) is 108 Å². The number of ether oxygens (including phenoxy) is 1. The summed E-state index contributed by atoms with van der Waals surface area (Å²) in [4.78, 5) is 11.5. The van der Waals surface area contributed by atoms with Gasteiger partial charge in [-0.15, -0.1) is 0 Å². The molecule has 0 aromatic heterocycles. The SMILES string of the molecule is C=Cc1c(C)cccc1-c1ccc(Oc2ccc(S(=O)(=O)CC)cc2-c2ccc(C=O)c(C)c2)cc1. The summed E-state index contributed by atoms with van der Waals surface area (Å²) in [5, 5.41) is 0. The van der Waals surface area contributed by atoms with Crippen LogP contribution < -0.4 is 4.74 Å². The molecule has 5 heteroatoms. The zero-order valence-electron chi connectivity index (χ0n) is 20.6. The van der Waals surface area contributed by atoms with Gasteiger partial charge in [0.15, 0.2) is 9.84 Å². The van der Waals surface area contributed by atoms with Gasteiger partial charge >= 0.3 is 0 Å². The van der Waals surface area contributed by atoms with Crippen LogP contribution in [-0.2, 0) is 9.84 Å². The van der Waals surface area contributed by atoms with Crippen LogP contribution in [0.4, 0.5) is 0 Å². The van der Waals surface area contributed by atoms with Crippen LogP contribution in [0.5, 0.6) is 11.5 Å². The molecule has 0 aliphatic carbocycles. The maximum Gasteiger partial charge on any atom is 0.178 e. The quantitative estimate of drug-likeness (QED) is 0.235. The minimum absolute atomic E-state index is 0.00285. The van der Waals surface area contributed by atoms with Crippen LogP contribution in [0.1, 0.15) is 34.0 Å². The van der Waals surface area contributed by atoms with Crippen molar-refractivity contribution in [2.24, 2.45) is 0 Å². The summed E-state index contributed by atoms with van der Waals surface area (Å²) in [6.45, 7) is 9.48. The molecule has 4 nitrogen and oxygen atoms in total. The molecule has 0 heterocycles. The van der Waals surface area contributed by atoms with Crippen molar-refractivity contribution in [1.82, 2.24) is 0 Å². The largest absolute Gasteiger partial charge is 0.457 e. The molecule has 4 aromatic carbocycles. The van der Waals surface area contributed by atoms with E-state index in [-0.39, 0.29) is 10.6 Å². The first-order chi connectivity index (χ1) is 17.3. The van der Waals surface area contributed by atoms with Crippen molar-refractivity contribution in [2.45, 2.75) is 25.7 Å². The van der Waals surface area contributed by atoms with Crippen LogP contribution in [0, 0.1) is 13.8 Å². The average molecular weight is 497 g/mol. The lowest BCUT2D eigenvalue weighted by Crippen LogP contribution is -2.04. The maximum atomic E-state index is 12.6. The summed E-state index contributed by atoms with van der Waals surface area (Å²) in [6, 6.07) is 24.2. The second kappa shape index (κ2) is 10.3. The van der Waals surface area contributed by atoms with Crippen LogP contribution in [0.25, 0.3) is 28.3 Å². The monoisotopic (exact) mass is 496 g/mol. The predicted octanol–water partition coefficient (Wildman–Crippen LogP) is 7.68. The molecule has 0 bridgehead atoms. The number of carbonyl (C=O) groups excluding carboxylic acids is 1. The first kappa shape index (κ1) is 25.1. The number of hydrogen-bond acceptors (Lipinski definition) is 4. The summed E-state index contributed by atoms with van der Waals surface area (Å²) >= 11 is 0. The van der Waals surface area contributed by atoms with Gasteiger partial charge in [-0.25, -0.2) is 8.42 Å². The molecule has 4 aromatic rings. The fourth-order valence-electron chi connectivity index (χ4n) is 4.19. The van der Waals surface area contributed by atoms with Crippen molar-refractivity contribution in [1.29, 1.82) is 0 Å². The Morgan fingerprint density at radius 2 is 1.56 bits per heavy atom. The lowest BCUT2D eigenvalue weighted by Gasteiger charge is -2.15. The molecule has 182 valence electrons. The normalized spacial score (nSPS) is 11.2. The fraction of sp³-hybridized carbons (Fsp3) is 0.129. The number of aryl methyl sites for hydroxylation is 2. The highest BCUT2D eigenvalue weighted by Crippen LogP contribution is 2.37. The van der Waals surface area contributed by atoms with E-state index >= 15 is 0 Å². The second-order valence-corrected chi connectivity index (χ2v) is 10.9. The summed E-state index contributed by atoms with van der Waals surface area (Å²) in [6.07, 6.45) is 2.67. The van der Waals surface area contributed by atoms with Crippen molar-refractivity contribution in [3.8, 4) is 33.8 Å². The summed E-state index contributed by atoms with van der Waals surface area (Å²) < 4.78 is 31.4. The first-order valence-electron chi connectivity index (χ1n) is 11.7. The molecule has 0 saturated carbocycles. The Morgan fingerprint density at radius 1 is 0.833 bits per heavy atom. The molecule has 4 rings (SSSR count). The van der Waals surface area contributed by atoms with Gasteiger partial charge in [0.1, 0.15) is 17.8 Å². The summed E-state index contributed by atoms with van der Waals surface area (Å²) in [5.41, 5.74) is 7.19. The number of carbonyl (C=O) groups is 1. The summed E-state index contributed by atoms with van der Waals surface area (Å²) in [5.74, 6) is 1.15. The Bertz CT molecular complexity index is 1550. The van der Waals surface area contributed by atoms with E-state index in [1.807, 2.05) is 49.4 Å². The van der Waals surface area contributed by atoms with Crippen molar-refractivity contribution >= 4 is 22.2 Å². The van der Waals surface area contributed by atoms with Gasteiger partial charge in [-0.1, -0.05) is 68.1 Å². The molecule has 0 spiro atoms. The van der Waals surface area contributed by atoms with E-state index in [0.717, 1.165) is 39.7 Å². The fourth-order valence-corrected chi connectivity index (χ4v) is 5.10. The van der Waals surface area contributed by atoms with Crippen LogP contribution in [0.2, 0.25) is 0 Å². The summed E-state index contributed by atoms with van der Waals surface area (Å²) in [7, 11) is -3.41. The lowest BCUT2D eigenvalue weighted by molar-refractivity contribution is 0.112. The Kier molecular flexibility index (Phi) is 7.22. The molecular formula is C31H28O4S. The van der Waals surface area contributed by atoms with Crippen molar-refractivity contribution < 1.29 is 17.9 Å². The molecular weight excluding hydrogens is 468 g/mol. The molecule has 0 aliphatic heterocycles. The number of sulfone groups is 1. The minimum atomic E-state index is -3.41. The van der Waals surface area contributed by atoms with E-state index in [2.05, 4.69) is 25.6 Å². The Labute approximate surface area is 212 Å². The van der Waals surface area contributed by atoms with Crippen LogP contribution in [0.15, 0.2) is 90.3 Å². The molecule has 0 amide bonds. The van der Waals surface area contributed by atoms with E-state index in [9.17, 15) is 13.2 Å². The van der Waals surface area contributed by atoms with E-state index in [4.69, 9.17) is 4.74 Å². The zero-order valence-corrected chi connectivity index (χ0v) is 21.4. The zero-order chi connectivity index (χ0) is 25.9.